The average molecular weight is 432 g/mol. The SMILES string of the molecule is Cc1cc(/N=N/c2c(C#N)c(C)nn2-c2cccc(S(=O)(=O)O)c2)cc(Cl)c1O. The summed E-state index contributed by atoms with van der Waals surface area (Å²) in [5, 5.41) is 31.7. The van der Waals surface area contributed by atoms with Crippen molar-refractivity contribution < 1.29 is 18.1 Å². The van der Waals surface area contributed by atoms with Gasteiger partial charge in [-0.05, 0) is 49.7 Å². The van der Waals surface area contributed by atoms with Gasteiger partial charge >= 0.3 is 0 Å². The predicted octanol–water partition coefficient (Wildman–Crippen LogP) is 4.38. The van der Waals surface area contributed by atoms with Gasteiger partial charge < -0.3 is 5.11 Å². The molecule has 0 radical (unpaired) electrons. The number of aromatic nitrogens is 2. The largest absolute Gasteiger partial charge is 0.506 e. The summed E-state index contributed by atoms with van der Waals surface area (Å²) in [5.41, 5.74) is 1.61. The number of nitriles is 1. The summed E-state index contributed by atoms with van der Waals surface area (Å²) in [4.78, 5) is -0.328. The molecular formula is C18H14ClN5O4S. The predicted molar refractivity (Wildman–Crippen MR) is 105 cm³/mol. The fraction of sp³-hybridized carbons (Fsp3) is 0.111. The molecule has 3 rings (SSSR count). The van der Waals surface area contributed by atoms with Crippen LogP contribution in [0.4, 0.5) is 11.5 Å². The number of phenols is 1. The van der Waals surface area contributed by atoms with Gasteiger partial charge in [0.05, 0.1) is 27.0 Å². The first kappa shape index (κ1) is 20.5. The van der Waals surface area contributed by atoms with Gasteiger partial charge in [0.2, 0.25) is 0 Å². The van der Waals surface area contributed by atoms with Gasteiger partial charge in [0.25, 0.3) is 10.1 Å². The Hall–Kier alpha value is -3.26. The molecule has 9 nitrogen and oxygen atoms in total. The van der Waals surface area contributed by atoms with Crippen molar-refractivity contribution in [2.75, 3.05) is 0 Å². The highest BCUT2D eigenvalue weighted by molar-refractivity contribution is 7.85. The molecule has 148 valence electrons. The average Bonchev–Trinajstić information content (AvgIpc) is 2.99. The van der Waals surface area contributed by atoms with Crippen LogP contribution < -0.4 is 0 Å². The molecule has 0 aliphatic heterocycles. The second-order valence-electron chi connectivity index (χ2n) is 6.07. The number of nitrogens with zero attached hydrogens (tertiary/aromatic N) is 5. The number of rotatable bonds is 4. The summed E-state index contributed by atoms with van der Waals surface area (Å²) in [7, 11) is -4.42. The molecule has 0 amide bonds. The Morgan fingerprint density at radius 2 is 1.93 bits per heavy atom. The van der Waals surface area contributed by atoms with Crippen molar-refractivity contribution in [2.45, 2.75) is 18.7 Å². The lowest BCUT2D eigenvalue weighted by atomic mass is 10.2. The normalized spacial score (nSPS) is 11.7. The zero-order valence-corrected chi connectivity index (χ0v) is 16.8. The highest BCUT2D eigenvalue weighted by Gasteiger charge is 2.18. The molecule has 11 heteroatoms. The van der Waals surface area contributed by atoms with E-state index in [2.05, 4.69) is 15.3 Å². The van der Waals surface area contributed by atoms with Gasteiger partial charge in [0, 0.05) is 0 Å². The van der Waals surface area contributed by atoms with Crippen LogP contribution in [0.5, 0.6) is 5.75 Å². The molecule has 0 saturated carbocycles. The summed E-state index contributed by atoms with van der Waals surface area (Å²) < 4.78 is 33.4. The second-order valence-corrected chi connectivity index (χ2v) is 7.90. The Morgan fingerprint density at radius 1 is 1.21 bits per heavy atom. The number of azo groups is 1. The minimum Gasteiger partial charge on any atom is -0.506 e. The zero-order chi connectivity index (χ0) is 21.3. The van der Waals surface area contributed by atoms with E-state index in [0.717, 1.165) is 0 Å². The van der Waals surface area contributed by atoms with Crippen molar-refractivity contribution in [3.05, 3.63) is 58.2 Å². The van der Waals surface area contributed by atoms with Crippen LogP contribution >= 0.6 is 11.6 Å². The monoisotopic (exact) mass is 431 g/mol. The Morgan fingerprint density at radius 3 is 2.55 bits per heavy atom. The molecule has 0 aliphatic rings. The molecule has 29 heavy (non-hydrogen) atoms. The van der Waals surface area contributed by atoms with Crippen LogP contribution in [-0.2, 0) is 10.1 Å². The van der Waals surface area contributed by atoms with Crippen molar-refractivity contribution in [3.8, 4) is 17.5 Å². The van der Waals surface area contributed by atoms with Crippen molar-refractivity contribution in [3.63, 3.8) is 0 Å². The fourth-order valence-corrected chi connectivity index (χ4v) is 3.36. The number of aryl methyl sites for hydroxylation is 2. The summed E-state index contributed by atoms with van der Waals surface area (Å²) in [6, 6.07) is 10.4. The molecule has 3 aromatic rings. The number of hydrogen-bond acceptors (Lipinski definition) is 7. The van der Waals surface area contributed by atoms with E-state index in [1.54, 1.807) is 26.0 Å². The fourth-order valence-electron chi connectivity index (χ4n) is 2.58. The Labute approximate surface area is 171 Å². The van der Waals surface area contributed by atoms with E-state index >= 15 is 0 Å². The molecule has 0 unspecified atom stereocenters. The molecule has 1 aromatic heterocycles. The van der Waals surface area contributed by atoms with Gasteiger partial charge in [-0.25, -0.2) is 4.68 Å². The van der Waals surface area contributed by atoms with Crippen LogP contribution in [0.3, 0.4) is 0 Å². The number of halogens is 1. The molecule has 0 saturated heterocycles. The third kappa shape index (κ3) is 4.12. The Balaban J connectivity index is 2.15. The van der Waals surface area contributed by atoms with Crippen molar-refractivity contribution in [1.82, 2.24) is 9.78 Å². The van der Waals surface area contributed by atoms with E-state index in [-0.39, 0.29) is 32.7 Å². The zero-order valence-electron chi connectivity index (χ0n) is 15.2. The molecule has 2 aromatic carbocycles. The summed E-state index contributed by atoms with van der Waals surface area (Å²) in [6.45, 7) is 3.25. The standard InChI is InChI=1S/C18H14ClN5O4S/c1-10-6-12(7-16(19)17(10)25)21-22-18-15(9-20)11(2)23-24(18)13-4-3-5-14(8-13)29(26,27)28/h3-8,25H,1-2H3,(H,26,27,28)/b22-21+. The van der Waals surface area contributed by atoms with E-state index in [9.17, 15) is 23.3 Å². The molecule has 1 heterocycles. The van der Waals surface area contributed by atoms with E-state index in [1.807, 2.05) is 6.07 Å². The van der Waals surface area contributed by atoms with Crippen LogP contribution in [0.2, 0.25) is 5.02 Å². The van der Waals surface area contributed by atoms with Gasteiger partial charge in [0.15, 0.2) is 5.82 Å². The number of hydrogen-bond donors (Lipinski definition) is 2. The Bertz CT molecular complexity index is 1270. The molecule has 0 aliphatic carbocycles. The highest BCUT2D eigenvalue weighted by atomic mass is 35.5. The first-order valence-corrected chi connectivity index (χ1v) is 9.92. The van der Waals surface area contributed by atoms with Gasteiger partial charge in [-0.3, -0.25) is 4.55 Å². The first-order chi connectivity index (χ1) is 13.6. The quantitative estimate of drug-likeness (QED) is 0.463. The van der Waals surface area contributed by atoms with Gasteiger partial charge in [-0.15, -0.1) is 10.2 Å². The van der Waals surface area contributed by atoms with E-state index in [4.69, 9.17) is 11.6 Å². The maximum atomic E-state index is 11.4. The maximum absolute atomic E-state index is 11.4. The Kier molecular flexibility index (Phi) is 5.39. The summed E-state index contributed by atoms with van der Waals surface area (Å²) in [6.07, 6.45) is 0. The van der Waals surface area contributed by atoms with Gasteiger partial charge in [-0.1, -0.05) is 17.7 Å². The number of phenolic OH excluding ortho intramolecular Hbond substituents is 1. The first-order valence-electron chi connectivity index (χ1n) is 8.10. The molecule has 2 N–H and O–H groups in total. The van der Waals surface area contributed by atoms with E-state index in [1.165, 1.54) is 28.9 Å². The minimum absolute atomic E-state index is 0.0637. The molecule has 0 bridgehead atoms. The van der Waals surface area contributed by atoms with Crippen LogP contribution in [-0.4, -0.2) is 27.9 Å². The summed E-state index contributed by atoms with van der Waals surface area (Å²) in [5.74, 6) is 0.00517. The third-order valence-corrected chi connectivity index (χ3v) is 5.14. The number of benzene rings is 2. The third-order valence-electron chi connectivity index (χ3n) is 4.01. The van der Waals surface area contributed by atoms with Crippen LogP contribution in [0.25, 0.3) is 5.69 Å². The van der Waals surface area contributed by atoms with Crippen molar-refractivity contribution in [2.24, 2.45) is 10.2 Å². The van der Waals surface area contributed by atoms with Crippen LogP contribution in [0.1, 0.15) is 16.8 Å². The lowest BCUT2D eigenvalue weighted by molar-refractivity contribution is 0.471. The second kappa shape index (κ2) is 7.63. The van der Waals surface area contributed by atoms with Crippen LogP contribution in [0.15, 0.2) is 51.5 Å². The molecule has 0 spiro atoms. The van der Waals surface area contributed by atoms with E-state index < -0.39 is 10.1 Å². The summed E-state index contributed by atoms with van der Waals surface area (Å²) >= 11 is 5.95. The minimum atomic E-state index is -4.42. The number of aromatic hydroxyl groups is 1. The van der Waals surface area contributed by atoms with Crippen molar-refractivity contribution in [1.29, 1.82) is 5.26 Å². The topological polar surface area (TPSA) is 141 Å². The molecule has 0 fully saturated rings. The van der Waals surface area contributed by atoms with E-state index in [0.29, 0.717) is 16.9 Å². The molecular weight excluding hydrogens is 418 g/mol. The molecule has 0 atom stereocenters. The lowest BCUT2D eigenvalue weighted by Crippen LogP contribution is -2.01. The van der Waals surface area contributed by atoms with Gasteiger partial charge in [-0.2, -0.15) is 18.8 Å². The highest BCUT2D eigenvalue weighted by Crippen LogP contribution is 2.33. The lowest BCUT2D eigenvalue weighted by Gasteiger charge is -2.06. The van der Waals surface area contributed by atoms with Gasteiger partial charge in [0.1, 0.15) is 17.4 Å². The smallest absolute Gasteiger partial charge is 0.294 e. The van der Waals surface area contributed by atoms with Crippen LogP contribution in [0, 0.1) is 25.2 Å². The maximum Gasteiger partial charge on any atom is 0.294 e. The van der Waals surface area contributed by atoms with Crippen molar-refractivity contribution >= 4 is 33.2 Å².